The second kappa shape index (κ2) is 7.49. The van der Waals surface area contributed by atoms with E-state index in [2.05, 4.69) is 5.32 Å². The highest BCUT2D eigenvalue weighted by molar-refractivity contribution is 5.89. The molecule has 22 heavy (non-hydrogen) atoms. The molecular formula is C16H19NO5. The lowest BCUT2D eigenvalue weighted by Gasteiger charge is -2.07. The molecule has 0 spiro atoms. The second-order valence-corrected chi connectivity index (χ2v) is 4.90. The lowest BCUT2D eigenvalue weighted by molar-refractivity contribution is -0.143. The minimum atomic E-state index is -0.569. The van der Waals surface area contributed by atoms with E-state index in [1.165, 1.54) is 13.2 Å². The Morgan fingerprint density at radius 2 is 1.95 bits per heavy atom. The first-order valence-electron chi connectivity index (χ1n) is 6.98. The van der Waals surface area contributed by atoms with E-state index >= 15 is 0 Å². The third-order valence-electron chi connectivity index (χ3n) is 3.11. The number of hydrogen-bond donors (Lipinski definition) is 1. The maximum Gasteiger partial charge on any atom is 0.331 e. The monoisotopic (exact) mass is 305 g/mol. The van der Waals surface area contributed by atoms with Crippen molar-refractivity contribution >= 4 is 18.0 Å². The summed E-state index contributed by atoms with van der Waals surface area (Å²) in [6, 6.07) is 5.52. The van der Waals surface area contributed by atoms with Gasteiger partial charge in [-0.3, -0.25) is 4.79 Å². The molecule has 1 amide bonds. The van der Waals surface area contributed by atoms with Crippen LogP contribution >= 0.6 is 0 Å². The molecule has 0 atom stereocenters. The topological polar surface area (TPSA) is 73.9 Å². The van der Waals surface area contributed by atoms with Crippen LogP contribution in [0.5, 0.6) is 11.5 Å². The Hall–Kier alpha value is -2.50. The highest BCUT2D eigenvalue weighted by Crippen LogP contribution is 2.27. The van der Waals surface area contributed by atoms with Gasteiger partial charge in [-0.05, 0) is 36.6 Å². The van der Waals surface area contributed by atoms with Gasteiger partial charge in [0.05, 0.1) is 14.2 Å². The van der Waals surface area contributed by atoms with Crippen LogP contribution in [0.4, 0.5) is 0 Å². The van der Waals surface area contributed by atoms with E-state index < -0.39 is 5.97 Å². The summed E-state index contributed by atoms with van der Waals surface area (Å²) in [7, 11) is 3.09. The van der Waals surface area contributed by atoms with Gasteiger partial charge in [0.1, 0.15) is 0 Å². The Balaban J connectivity index is 1.84. The van der Waals surface area contributed by atoms with Gasteiger partial charge in [0.2, 0.25) is 0 Å². The molecule has 0 unspecified atom stereocenters. The van der Waals surface area contributed by atoms with Crippen LogP contribution < -0.4 is 14.8 Å². The van der Waals surface area contributed by atoms with Gasteiger partial charge in [-0.25, -0.2) is 4.79 Å². The molecule has 2 rings (SSSR count). The summed E-state index contributed by atoms with van der Waals surface area (Å²) in [6.07, 6.45) is 4.85. The zero-order valence-corrected chi connectivity index (χ0v) is 12.6. The third kappa shape index (κ3) is 4.80. The number of hydrogen-bond acceptors (Lipinski definition) is 5. The fourth-order valence-corrected chi connectivity index (χ4v) is 1.80. The van der Waals surface area contributed by atoms with E-state index in [0.29, 0.717) is 11.5 Å². The van der Waals surface area contributed by atoms with E-state index in [1.54, 1.807) is 31.4 Å². The van der Waals surface area contributed by atoms with Crippen molar-refractivity contribution in [1.82, 2.24) is 5.32 Å². The third-order valence-corrected chi connectivity index (χ3v) is 3.11. The Labute approximate surface area is 129 Å². The van der Waals surface area contributed by atoms with Crippen LogP contribution in [0.25, 0.3) is 6.08 Å². The highest BCUT2D eigenvalue weighted by atomic mass is 16.5. The molecule has 1 saturated carbocycles. The molecule has 6 heteroatoms. The van der Waals surface area contributed by atoms with E-state index in [1.807, 2.05) is 0 Å². The number of ether oxygens (including phenoxy) is 3. The van der Waals surface area contributed by atoms with Gasteiger partial charge in [-0.1, -0.05) is 6.07 Å². The smallest absolute Gasteiger partial charge is 0.331 e. The molecule has 118 valence electrons. The summed E-state index contributed by atoms with van der Waals surface area (Å²) in [6.45, 7) is -0.258. The highest BCUT2D eigenvalue weighted by Gasteiger charge is 2.23. The minimum absolute atomic E-state index is 0.258. The molecule has 1 fully saturated rings. The molecule has 6 nitrogen and oxygen atoms in total. The SMILES string of the molecule is COc1ccc(/C=C/C(=O)OCC(=O)NC2CC2)cc1OC. The van der Waals surface area contributed by atoms with Crippen molar-refractivity contribution in [2.75, 3.05) is 20.8 Å². The Morgan fingerprint density at radius 3 is 2.59 bits per heavy atom. The molecular weight excluding hydrogens is 286 g/mol. The summed E-state index contributed by atoms with van der Waals surface area (Å²) in [5.74, 6) is 0.344. The molecule has 1 aromatic carbocycles. The number of nitrogens with one attached hydrogen (secondary N) is 1. The van der Waals surface area contributed by atoms with Crippen molar-refractivity contribution in [2.24, 2.45) is 0 Å². The van der Waals surface area contributed by atoms with Crippen LogP contribution in [-0.2, 0) is 14.3 Å². The van der Waals surface area contributed by atoms with Crippen LogP contribution in [-0.4, -0.2) is 38.7 Å². The van der Waals surface area contributed by atoms with Gasteiger partial charge in [-0.2, -0.15) is 0 Å². The summed E-state index contributed by atoms with van der Waals surface area (Å²) >= 11 is 0. The fourth-order valence-electron chi connectivity index (χ4n) is 1.80. The maximum absolute atomic E-state index is 11.6. The molecule has 0 aromatic heterocycles. The van der Waals surface area contributed by atoms with Crippen LogP contribution in [0.2, 0.25) is 0 Å². The second-order valence-electron chi connectivity index (χ2n) is 4.90. The molecule has 0 aliphatic heterocycles. The van der Waals surface area contributed by atoms with Gasteiger partial charge in [-0.15, -0.1) is 0 Å². The zero-order chi connectivity index (χ0) is 15.9. The predicted molar refractivity (Wildman–Crippen MR) is 80.7 cm³/mol. The van der Waals surface area contributed by atoms with Crippen molar-refractivity contribution < 1.29 is 23.8 Å². The van der Waals surface area contributed by atoms with E-state index in [9.17, 15) is 9.59 Å². The number of benzene rings is 1. The van der Waals surface area contributed by atoms with Gasteiger partial charge in [0.25, 0.3) is 5.91 Å². The Bertz CT molecular complexity index is 578. The Kier molecular flexibility index (Phi) is 5.41. The Morgan fingerprint density at radius 1 is 1.23 bits per heavy atom. The number of carbonyl (C=O) groups is 2. The number of esters is 1. The normalized spacial score (nSPS) is 13.7. The minimum Gasteiger partial charge on any atom is -0.493 e. The number of amides is 1. The average Bonchev–Trinajstić information content (AvgIpc) is 3.34. The zero-order valence-electron chi connectivity index (χ0n) is 12.6. The molecule has 0 bridgehead atoms. The number of rotatable bonds is 7. The van der Waals surface area contributed by atoms with Gasteiger partial charge in [0.15, 0.2) is 18.1 Å². The molecule has 0 radical (unpaired) electrons. The lowest BCUT2D eigenvalue weighted by Crippen LogP contribution is -2.30. The average molecular weight is 305 g/mol. The molecule has 1 aromatic rings. The van der Waals surface area contributed by atoms with Crippen molar-refractivity contribution in [3.8, 4) is 11.5 Å². The summed E-state index contributed by atoms with van der Waals surface area (Å²) in [5.41, 5.74) is 0.761. The first kappa shape index (κ1) is 15.9. The van der Waals surface area contributed by atoms with E-state index in [4.69, 9.17) is 14.2 Å². The van der Waals surface area contributed by atoms with E-state index in [0.717, 1.165) is 18.4 Å². The van der Waals surface area contributed by atoms with Gasteiger partial charge < -0.3 is 19.5 Å². The fraction of sp³-hybridized carbons (Fsp3) is 0.375. The molecule has 1 N–H and O–H groups in total. The van der Waals surface area contributed by atoms with Crippen molar-refractivity contribution in [2.45, 2.75) is 18.9 Å². The van der Waals surface area contributed by atoms with Crippen molar-refractivity contribution in [3.05, 3.63) is 29.8 Å². The number of carbonyl (C=O) groups excluding carboxylic acids is 2. The quantitative estimate of drug-likeness (QED) is 0.611. The summed E-state index contributed by atoms with van der Waals surface area (Å²) < 4.78 is 15.2. The van der Waals surface area contributed by atoms with Gasteiger partial charge in [0, 0.05) is 12.1 Å². The van der Waals surface area contributed by atoms with E-state index in [-0.39, 0.29) is 18.6 Å². The summed E-state index contributed by atoms with van der Waals surface area (Å²) in [4.78, 5) is 22.9. The molecule has 0 saturated heterocycles. The van der Waals surface area contributed by atoms with Crippen LogP contribution in [0.1, 0.15) is 18.4 Å². The van der Waals surface area contributed by atoms with Crippen LogP contribution in [0.3, 0.4) is 0 Å². The molecule has 1 aliphatic rings. The van der Waals surface area contributed by atoms with Crippen molar-refractivity contribution in [3.63, 3.8) is 0 Å². The van der Waals surface area contributed by atoms with Crippen LogP contribution in [0.15, 0.2) is 24.3 Å². The summed E-state index contributed by atoms with van der Waals surface area (Å²) in [5, 5.41) is 2.74. The van der Waals surface area contributed by atoms with Crippen molar-refractivity contribution in [1.29, 1.82) is 0 Å². The standard InChI is InChI=1S/C16H19NO5/c1-20-13-7-3-11(9-14(13)21-2)4-8-16(19)22-10-15(18)17-12-5-6-12/h3-4,7-9,12H,5-6,10H2,1-2H3,(H,17,18)/b8-4+. The first-order valence-corrected chi connectivity index (χ1v) is 6.98. The lowest BCUT2D eigenvalue weighted by atomic mass is 10.2. The van der Waals surface area contributed by atoms with Gasteiger partial charge >= 0.3 is 5.97 Å². The first-order chi connectivity index (χ1) is 10.6. The van der Waals surface area contributed by atoms with Crippen LogP contribution in [0, 0.1) is 0 Å². The predicted octanol–water partition coefficient (Wildman–Crippen LogP) is 1.54. The molecule has 1 aliphatic carbocycles. The maximum atomic E-state index is 11.6. The number of methoxy groups -OCH3 is 2. The largest absolute Gasteiger partial charge is 0.493 e. The molecule has 0 heterocycles.